The zero-order valence-corrected chi connectivity index (χ0v) is 19.5. The lowest BCUT2D eigenvalue weighted by Gasteiger charge is -2.31. The number of amides is 2. The number of piperidine rings is 1. The molecule has 1 saturated heterocycles. The molecular weight excluding hydrogens is 438 g/mol. The van der Waals surface area contributed by atoms with Gasteiger partial charge in [-0.15, -0.1) is 10.2 Å². The standard InChI is InChI=1S/C24H27N5O3S/c1-17-7-9-19(10-8-17)29-16-25-27-24(29)33-15-22(30)28-13-11-18(12-14-28)23(31)26-20-5-3-4-6-21(20)32-2/h3-10,16,18H,11-15H2,1-2H3,(H,26,31). The molecule has 8 nitrogen and oxygen atoms in total. The van der Waals surface area contributed by atoms with Crippen LogP contribution in [0.1, 0.15) is 18.4 Å². The van der Waals surface area contributed by atoms with Gasteiger partial charge in [-0.2, -0.15) is 0 Å². The molecule has 4 rings (SSSR count). The molecule has 0 atom stereocenters. The number of anilines is 1. The molecule has 1 aromatic heterocycles. The Bertz CT molecular complexity index is 1110. The van der Waals surface area contributed by atoms with E-state index in [2.05, 4.69) is 15.5 Å². The molecule has 1 aliphatic rings. The molecule has 0 radical (unpaired) electrons. The number of benzene rings is 2. The molecule has 1 N–H and O–H groups in total. The van der Waals surface area contributed by atoms with E-state index in [1.165, 1.54) is 17.3 Å². The molecule has 2 amide bonds. The number of nitrogens with one attached hydrogen (secondary N) is 1. The summed E-state index contributed by atoms with van der Waals surface area (Å²) < 4.78 is 7.18. The fourth-order valence-electron chi connectivity index (χ4n) is 3.80. The van der Waals surface area contributed by atoms with E-state index in [4.69, 9.17) is 4.74 Å². The molecule has 9 heteroatoms. The van der Waals surface area contributed by atoms with E-state index in [-0.39, 0.29) is 23.5 Å². The highest BCUT2D eigenvalue weighted by molar-refractivity contribution is 7.99. The molecule has 1 fully saturated rings. The van der Waals surface area contributed by atoms with Crippen molar-refractivity contribution in [3.05, 3.63) is 60.4 Å². The number of rotatable bonds is 7. The first-order valence-electron chi connectivity index (χ1n) is 10.9. The second-order valence-electron chi connectivity index (χ2n) is 7.95. The summed E-state index contributed by atoms with van der Waals surface area (Å²) in [5.41, 5.74) is 2.80. The minimum absolute atomic E-state index is 0.0350. The summed E-state index contributed by atoms with van der Waals surface area (Å²) >= 11 is 1.37. The quantitative estimate of drug-likeness (QED) is 0.537. The van der Waals surface area contributed by atoms with Crippen LogP contribution in [-0.2, 0) is 9.59 Å². The fourth-order valence-corrected chi connectivity index (χ4v) is 4.63. The van der Waals surface area contributed by atoms with Gasteiger partial charge in [0.25, 0.3) is 0 Å². The van der Waals surface area contributed by atoms with Gasteiger partial charge in [-0.1, -0.05) is 41.6 Å². The van der Waals surface area contributed by atoms with Gasteiger partial charge in [-0.25, -0.2) is 0 Å². The fraction of sp³-hybridized carbons (Fsp3) is 0.333. The van der Waals surface area contributed by atoms with Crippen LogP contribution in [0.2, 0.25) is 0 Å². The smallest absolute Gasteiger partial charge is 0.233 e. The Morgan fingerprint density at radius 3 is 2.58 bits per heavy atom. The monoisotopic (exact) mass is 465 g/mol. The average molecular weight is 466 g/mol. The third-order valence-electron chi connectivity index (χ3n) is 5.74. The van der Waals surface area contributed by atoms with Gasteiger partial charge in [0.1, 0.15) is 12.1 Å². The molecule has 33 heavy (non-hydrogen) atoms. The highest BCUT2D eigenvalue weighted by atomic mass is 32.2. The molecule has 1 aliphatic heterocycles. The van der Waals surface area contributed by atoms with Crippen LogP contribution in [0.3, 0.4) is 0 Å². The lowest BCUT2D eigenvalue weighted by molar-refractivity contribution is -0.132. The van der Waals surface area contributed by atoms with Gasteiger partial charge < -0.3 is 15.0 Å². The van der Waals surface area contributed by atoms with Crippen molar-refractivity contribution in [2.24, 2.45) is 5.92 Å². The number of aromatic nitrogens is 3. The topological polar surface area (TPSA) is 89.3 Å². The SMILES string of the molecule is COc1ccccc1NC(=O)C1CCN(C(=O)CSc2nncn2-c2ccc(C)cc2)CC1. The number of carbonyl (C=O) groups is 2. The summed E-state index contributed by atoms with van der Waals surface area (Å²) in [5, 5.41) is 11.8. The van der Waals surface area contributed by atoms with Crippen LogP contribution in [0.4, 0.5) is 5.69 Å². The molecule has 0 spiro atoms. The number of nitrogens with zero attached hydrogens (tertiary/aromatic N) is 4. The van der Waals surface area contributed by atoms with Crippen molar-refractivity contribution >= 4 is 29.3 Å². The van der Waals surface area contributed by atoms with E-state index < -0.39 is 0 Å². The number of carbonyl (C=O) groups excluding carboxylic acids is 2. The molecule has 2 aromatic carbocycles. The zero-order valence-electron chi connectivity index (χ0n) is 18.7. The van der Waals surface area contributed by atoms with Gasteiger partial charge in [-0.05, 0) is 44.0 Å². The molecular formula is C24H27N5O3S. The summed E-state index contributed by atoms with van der Waals surface area (Å²) in [5.74, 6) is 0.794. The molecule has 0 aliphatic carbocycles. The zero-order chi connectivity index (χ0) is 23.2. The maximum Gasteiger partial charge on any atom is 0.233 e. The Hall–Kier alpha value is -3.33. The van der Waals surface area contributed by atoms with Gasteiger partial charge in [-0.3, -0.25) is 14.2 Å². The second-order valence-corrected chi connectivity index (χ2v) is 8.89. The van der Waals surface area contributed by atoms with E-state index in [0.29, 0.717) is 42.5 Å². The summed E-state index contributed by atoms with van der Waals surface area (Å²) in [7, 11) is 1.58. The number of hydrogen-bond acceptors (Lipinski definition) is 6. The number of ether oxygens (including phenoxy) is 1. The van der Waals surface area contributed by atoms with Gasteiger partial charge in [0.2, 0.25) is 11.8 Å². The van der Waals surface area contributed by atoms with Gasteiger partial charge in [0, 0.05) is 24.7 Å². The first-order valence-corrected chi connectivity index (χ1v) is 11.8. The average Bonchev–Trinajstić information content (AvgIpc) is 3.32. The molecule has 172 valence electrons. The van der Waals surface area contributed by atoms with Crippen LogP contribution >= 0.6 is 11.8 Å². The molecule has 3 aromatic rings. The van der Waals surface area contributed by atoms with Gasteiger partial charge in [0.15, 0.2) is 5.16 Å². The number of methoxy groups -OCH3 is 1. The van der Waals surface area contributed by atoms with Crippen LogP contribution in [0, 0.1) is 12.8 Å². The van der Waals surface area contributed by atoms with Crippen molar-refractivity contribution in [2.75, 3.05) is 31.3 Å². The van der Waals surface area contributed by atoms with Crippen LogP contribution in [0.15, 0.2) is 60.0 Å². The third-order valence-corrected chi connectivity index (χ3v) is 6.66. The molecule has 0 saturated carbocycles. The third kappa shape index (κ3) is 5.54. The Balaban J connectivity index is 1.28. The minimum Gasteiger partial charge on any atom is -0.495 e. The maximum atomic E-state index is 12.8. The second kappa shape index (κ2) is 10.5. The van der Waals surface area contributed by atoms with Crippen molar-refractivity contribution in [3.8, 4) is 11.4 Å². The highest BCUT2D eigenvalue weighted by Gasteiger charge is 2.28. The predicted octanol–water partition coefficient (Wildman–Crippen LogP) is 3.55. The van der Waals surface area contributed by atoms with Crippen LogP contribution in [0.25, 0.3) is 5.69 Å². The number of hydrogen-bond donors (Lipinski definition) is 1. The van der Waals surface area contributed by atoms with Crippen molar-refractivity contribution in [2.45, 2.75) is 24.9 Å². The number of para-hydroxylation sites is 2. The Labute approximate surface area is 197 Å². The first-order chi connectivity index (χ1) is 16.0. The minimum atomic E-state index is -0.128. The normalized spacial score (nSPS) is 14.2. The Kier molecular flexibility index (Phi) is 7.29. The number of likely N-dealkylation sites (tertiary alicyclic amines) is 1. The van der Waals surface area contributed by atoms with Gasteiger partial charge in [0.05, 0.1) is 18.6 Å². The van der Waals surface area contributed by atoms with Crippen LogP contribution in [0.5, 0.6) is 5.75 Å². The highest BCUT2D eigenvalue weighted by Crippen LogP contribution is 2.26. The number of aryl methyl sites for hydroxylation is 1. The lowest BCUT2D eigenvalue weighted by Crippen LogP contribution is -2.42. The predicted molar refractivity (Wildman–Crippen MR) is 128 cm³/mol. The largest absolute Gasteiger partial charge is 0.495 e. The van der Waals surface area contributed by atoms with Crippen molar-refractivity contribution in [1.82, 2.24) is 19.7 Å². The van der Waals surface area contributed by atoms with E-state index >= 15 is 0 Å². The summed E-state index contributed by atoms with van der Waals surface area (Å²) in [6, 6.07) is 15.4. The van der Waals surface area contributed by atoms with Gasteiger partial charge >= 0.3 is 0 Å². The summed E-state index contributed by atoms with van der Waals surface area (Å²) in [4.78, 5) is 27.3. The van der Waals surface area contributed by atoms with Crippen LogP contribution < -0.4 is 10.1 Å². The first kappa shape index (κ1) is 22.8. The number of thioether (sulfide) groups is 1. The summed E-state index contributed by atoms with van der Waals surface area (Å²) in [6.07, 6.45) is 2.93. The van der Waals surface area contributed by atoms with Crippen molar-refractivity contribution < 1.29 is 14.3 Å². The van der Waals surface area contributed by atoms with Crippen molar-refractivity contribution in [3.63, 3.8) is 0 Å². The lowest BCUT2D eigenvalue weighted by atomic mass is 9.96. The molecule has 0 bridgehead atoms. The van der Waals surface area contributed by atoms with E-state index in [9.17, 15) is 9.59 Å². The van der Waals surface area contributed by atoms with E-state index in [0.717, 1.165) is 5.69 Å². The maximum absolute atomic E-state index is 12.8. The molecule has 0 unspecified atom stereocenters. The van der Waals surface area contributed by atoms with Crippen LogP contribution in [-0.4, -0.2) is 57.4 Å². The summed E-state index contributed by atoms with van der Waals surface area (Å²) in [6.45, 7) is 3.16. The van der Waals surface area contributed by atoms with Crippen molar-refractivity contribution in [1.29, 1.82) is 0 Å². The Morgan fingerprint density at radius 2 is 1.85 bits per heavy atom. The van der Waals surface area contributed by atoms with E-state index in [1.807, 2.05) is 64.9 Å². The van der Waals surface area contributed by atoms with E-state index in [1.54, 1.807) is 13.4 Å². The Morgan fingerprint density at radius 1 is 1.12 bits per heavy atom. The molecule has 2 heterocycles.